The van der Waals surface area contributed by atoms with Gasteiger partial charge in [-0.15, -0.1) is 0 Å². The average Bonchev–Trinajstić information content (AvgIpc) is 3.66. The number of carbonyl (C=O) groups is 1. The first-order chi connectivity index (χ1) is 21.7. The first-order valence-corrected chi connectivity index (χ1v) is 18.0. The molecule has 11 nitrogen and oxygen atoms in total. The van der Waals surface area contributed by atoms with Crippen LogP contribution < -0.4 is 15.1 Å². The van der Waals surface area contributed by atoms with Gasteiger partial charge in [0.15, 0.2) is 0 Å². The zero-order valence-electron chi connectivity index (χ0n) is 25.9. The molecule has 2 aromatic heterocycles. The third-order valence-corrected chi connectivity index (χ3v) is 11.2. The zero-order valence-corrected chi connectivity index (χ0v) is 26.7. The van der Waals surface area contributed by atoms with Crippen LogP contribution in [0.15, 0.2) is 49.3 Å². The number of sulfone groups is 1. The lowest BCUT2D eigenvalue weighted by Crippen LogP contribution is -2.57. The Bertz CT molecular complexity index is 1730. The maximum absolute atomic E-state index is 12.9. The summed E-state index contributed by atoms with van der Waals surface area (Å²) in [5, 5.41) is 5.41. The molecule has 0 spiro atoms. The van der Waals surface area contributed by atoms with E-state index in [4.69, 9.17) is 14.7 Å². The van der Waals surface area contributed by atoms with Crippen molar-refractivity contribution in [2.24, 2.45) is 11.8 Å². The van der Waals surface area contributed by atoms with Crippen LogP contribution in [-0.4, -0.2) is 91.1 Å². The highest BCUT2D eigenvalue weighted by atomic mass is 32.2. The van der Waals surface area contributed by atoms with E-state index in [1.807, 2.05) is 17.2 Å². The second-order valence-electron chi connectivity index (χ2n) is 13.0. The van der Waals surface area contributed by atoms with Gasteiger partial charge in [-0.2, -0.15) is 4.98 Å². The Morgan fingerprint density at radius 3 is 2.76 bits per heavy atom. The normalized spacial score (nSPS) is 26.5. The van der Waals surface area contributed by atoms with Crippen molar-refractivity contribution in [3.8, 4) is 0 Å². The van der Waals surface area contributed by atoms with Crippen molar-refractivity contribution in [3.05, 3.63) is 54.9 Å². The van der Waals surface area contributed by atoms with Gasteiger partial charge < -0.3 is 24.8 Å². The number of carbonyl (C=O) groups excluding carboxylic acids is 1. The van der Waals surface area contributed by atoms with E-state index < -0.39 is 9.84 Å². The van der Waals surface area contributed by atoms with Crippen molar-refractivity contribution in [2.45, 2.75) is 50.7 Å². The molecule has 238 valence electrons. The van der Waals surface area contributed by atoms with Gasteiger partial charge >= 0.3 is 0 Å². The SMILES string of the molecule is C=CC(=O)N1CCCC[C@H]1c1ccc(N2C[C@H](CS(C)(=O)=O)[C@H]2C)c2cnc(Nc3ccnc(N4CC[C@H]5COC[C@H]54)n3)cc12. The van der Waals surface area contributed by atoms with E-state index in [1.54, 1.807) is 6.20 Å². The topological polar surface area (TPSA) is 121 Å². The number of aromatic nitrogens is 3. The van der Waals surface area contributed by atoms with Crippen LogP contribution in [0.2, 0.25) is 0 Å². The van der Waals surface area contributed by atoms with Crippen LogP contribution in [-0.2, 0) is 19.4 Å². The largest absolute Gasteiger partial charge is 0.379 e. The van der Waals surface area contributed by atoms with E-state index in [0.717, 1.165) is 60.9 Å². The summed E-state index contributed by atoms with van der Waals surface area (Å²) < 4.78 is 29.7. The fourth-order valence-electron chi connectivity index (χ4n) is 7.69. The van der Waals surface area contributed by atoms with Crippen molar-refractivity contribution in [2.75, 3.05) is 60.0 Å². The third-order valence-electron chi connectivity index (χ3n) is 10.1. The van der Waals surface area contributed by atoms with Crippen molar-refractivity contribution in [3.63, 3.8) is 0 Å². The summed E-state index contributed by atoms with van der Waals surface area (Å²) in [7, 11) is -3.06. The Morgan fingerprint density at radius 1 is 1.09 bits per heavy atom. The van der Waals surface area contributed by atoms with Gasteiger partial charge in [0.25, 0.3) is 0 Å². The smallest absolute Gasteiger partial charge is 0.246 e. The van der Waals surface area contributed by atoms with Crippen LogP contribution in [0.4, 0.5) is 23.3 Å². The highest BCUT2D eigenvalue weighted by molar-refractivity contribution is 7.90. The Hall–Kier alpha value is -3.77. The van der Waals surface area contributed by atoms with Gasteiger partial charge in [0.1, 0.15) is 21.5 Å². The summed E-state index contributed by atoms with van der Waals surface area (Å²) in [5.41, 5.74) is 2.09. The molecule has 1 N–H and O–H groups in total. The Kier molecular flexibility index (Phi) is 7.89. The van der Waals surface area contributed by atoms with E-state index in [-0.39, 0.29) is 29.7 Å². The molecule has 7 rings (SSSR count). The number of nitrogens with one attached hydrogen (secondary N) is 1. The highest BCUT2D eigenvalue weighted by Gasteiger charge is 2.40. The summed E-state index contributed by atoms with van der Waals surface area (Å²) in [5.74, 6) is 2.73. The van der Waals surface area contributed by atoms with Crippen molar-refractivity contribution < 1.29 is 17.9 Å². The molecule has 5 atom stereocenters. The molecule has 4 aliphatic rings. The Morgan fingerprint density at radius 2 is 1.96 bits per heavy atom. The molecule has 4 saturated heterocycles. The lowest BCUT2D eigenvalue weighted by atomic mass is 9.87. The summed E-state index contributed by atoms with van der Waals surface area (Å²) in [6, 6.07) is 8.46. The Labute approximate surface area is 264 Å². The minimum atomic E-state index is -3.06. The predicted molar refractivity (Wildman–Crippen MR) is 176 cm³/mol. The van der Waals surface area contributed by atoms with Crippen LogP contribution in [0.1, 0.15) is 44.2 Å². The number of rotatable bonds is 8. The van der Waals surface area contributed by atoms with Gasteiger partial charge in [-0.05, 0) is 67.8 Å². The number of amides is 1. The van der Waals surface area contributed by atoms with Crippen LogP contribution >= 0.6 is 0 Å². The standard InChI is InChI=1S/C33H41N7O4S/c1-4-32(41)38-13-6-5-7-27(38)24-8-9-28(40-17-23(21(40)2)20-45(3,42)43)26-16-35-31(15-25(24)26)36-30-10-12-34-33(37-30)39-14-11-22-18-44-19-29(22)39/h4,8-10,12,15-16,21-23,27,29H,1,5-7,11,13-14,17-20H2,2-3H3,(H,34,35,36,37)/t21-,22+,23-,27+,29-/m1/s1. The Balaban J connectivity index is 1.24. The van der Waals surface area contributed by atoms with E-state index in [1.165, 1.54) is 12.3 Å². The summed E-state index contributed by atoms with van der Waals surface area (Å²) in [6.45, 7) is 9.63. The van der Waals surface area contributed by atoms with Gasteiger partial charge in [-0.25, -0.2) is 18.4 Å². The molecule has 4 aliphatic heterocycles. The quantitative estimate of drug-likeness (QED) is 0.364. The molecule has 12 heteroatoms. The number of pyridine rings is 1. The molecule has 3 aromatic rings. The number of nitrogens with zero attached hydrogens (tertiary/aromatic N) is 6. The summed E-state index contributed by atoms with van der Waals surface area (Å²) >= 11 is 0. The number of benzene rings is 1. The monoisotopic (exact) mass is 631 g/mol. The molecule has 0 radical (unpaired) electrons. The van der Waals surface area contributed by atoms with E-state index in [2.05, 4.69) is 51.8 Å². The maximum atomic E-state index is 12.9. The second-order valence-corrected chi connectivity index (χ2v) is 15.2. The molecular weight excluding hydrogens is 590 g/mol. The number of ether oxygens (including phenoxy) is 1. The van der Waals surface area contributed by atoms with Gasteiger partial charge in [0.05, 0.1) is 31.1 Å². The molecular formula is C33H41N7O4S. The van der Waals surface area contributed by atoms with Gasteiger partial charge in [-0.1, -0.05) is 12.6 Å². The molecule has 1 aromatic carbocycles. The number of fused-ring (bicyclic) bond motifs is 2. The van der Waals surface area contributed by atoms with Crippen molar-refractivity contribution >= 4 is 49.8 Å². The number of likely N-dealkylation sites (tertiary alicyclic amines) is 1. The maximum Gasteiger partial charge on any atom is 0.246 e. The van der Waals surface area contributed by atoms with Gasteiger partial charge in [0.2, 0.25) is 11.9 Å². The van der Waals surface area contributed by atoms with Crippen molar-refractivity contribution in [1.29, 1.82) is 0 Å². The molecule has 1 amide bonds. The minimum absolute atomic E-state index is 0.0605. The number of piperidine rings is 1. The van der Waals surface area contributed by atoms with Crippen LogP contribution in [0, 0.1) is 11.8 Å². The molecule has 45 heavy (non-hydrogen) atoms. The molecule has 0 unspecified atom stereocenters. The van der Waals surface area contributed by atoms with Crippen LogP contribution in [0.5, 0.6) is 0 Å². The fraction of sp³-hybridized carbons (Fsp3) is 0.515. The van der Waals surface area contributed by atoms with E-state index in [9.17, 15) is 13.2 Å². The van der Waals surface area contributed by atoms with Crippen molar-refractivity contribution in [1.82, 2.24) is 19.9 Å². The molecule has 6 heterocycles. The number of hydrogen-bond donors (Lipinski definition) is 1. The zero-order chi connectivity index (χ0) is 31.3. The lowest BCUT2D eigenvalue weighted by molar-refractivity contribution is -0.129. The molecule has 4 fully saturated rings. The molecule has 0 bridgehead atoms. The predicted octanol–water partition coefficient (Wildman–Crippen LogP) is 4.10. The first kappa shape index (κ1) is 29.9. The highest BCUT2D eigenvalue weighted by Crippen LogP contribution is 2.42. The van der Waals surface area contributed by atoms with Crippen LogP contribution in [0.3, 0.4) is 0 Å². The third kappa shape index (κ3) is 5.74. The van der Waals surface area contributed by atoms with E-state index >= 15 is 0 Å². The van der Waals surface area contributed by atoms with E-state index in [0.29, 0.717) is 49.2 Å². The summed E-state index contributed by atoms with van der Waals surface area (Å²) in [4.78, 5) is 33.6. The fourth-order valence-corrected chi connectivity index (χ4v) is 8.85. The van der Waals surface area contributed by atoms with Gasteiger partial charge in [0, 0.05) is 67.2 Å². The summed E-state index contributed by atoms with van der Waals surface area (Å²) in [6.07, 6.45) is 10.3. The second kappa shape index (κ2) is 11.9. The number of hydrogen-bond acceptors (Lipinski definition) is 10. The number of anilines is 4. The van der Waals surface area contributed by atoms with Gasteiger partial charge in [-0.3, -0.25) is 4.79 Å². The first-order valence-electron chi connectivity index (χ1n) is 15.9. The lowest BCUT2D eigenvalue weighted by Gasteiger charge is -2.48. The average molecular weight is 632 g/mol. The minimum Gasteiger partial charge on any atom is -0.379 e. The molecule has 0 aliphatic carbocycles. The molecule has 0 saturated carbocycles. The van der Waals surface area contributed by atoms with Crippen LogP contribution in [0.25, 0.3) is 10.8 Å².